The van der Waals surface area contributed by atoms with Crippen molar-refractivity contribution in [1.82, 2.24) is 0 Å². The lowest BCUT2D eigenvalue weighted by Crippen LogP contribution is -2.12. The van der Waals surface area contributed by atoms with E-state index in [-0.39, 0.29) is 6.04 Å². The molecule has 4 nitrogen and oxygen atoms in total. The molecule has 19 heavy (non-hydrogen) atoms. The zero-order valence-electron chi connectivity index (χ0n) is 11.5. The molecule has 0 fully saturated rings. The van der Waals surface area contributed by atoms with E-state index in [9.17, 15) is 0 Å². The van der Waals surface area contributed by atoms with E-state index in [1.54, 1.807) is 13.2 Å². The standard InChI is InChI=1S/C14H22ClNO3/c1-11(16)13-10-12(15)4-5-14(13)19-9-8-18-7-3-6-17-2/h4-5,10-11H,3,6-9,16H2,1-2H3/t11-/m0/s1. The maximum absolute atomic E-state index is 5.95. The predicted octanol–water partition coefficient (Wildman–Crippen LogP) is 2.79. The first kappa shape index (κ1) is 16.2. The Morgan fingerprint density at radius 1 is 1.21 bits per heavy atom. The Morgan fingerprint density at radius 2 is 2.00 bits per heavy atom. The van der Waals surface area contributed by atoms with Crippen molar-refractivity contribution >= 4 is 11.6 Å². The number of nitrogens with two attached hydrogens (primary N) is 1. The second kappa shape index (κ2) is 9.15. The highest BCUT2D eigenvalue weighted by atomic mass is 35.5. The maximum atomic E-state index is 5.95. The molecule has 1 aromatic carbocycles. The van der Waals surface area contributed by atoms with E-state index < -0.39 is 0 Å². The van der Waals surface area contributed by atoms with E-state index in [1.807, 2.05) is 19.1 Å². The van der Waals surface area contributed by atoms with Crippen LogP contribution < -0.4 is 10.5 Å². The van der Waals surface area contributed by atoms with Crippen molar-refractivity contribution in [3.63, 3.8) is 0 Å². The van der Waals surface area contributed by atoms with Gasteiger partial charge in [0.05, 0.1) is 6.61 Å². The molecular formula is C14H22ClNO3. The third-order valence-electron chi connectivity index (χ3n) is 2.58. The van der Waals surface area contributed by atoms with Gasteiger partial charge in [0, 0.05) is 37.0 Å². The second-order valence-electron chi connectivity index (χ2n) is 4.28. The van der Waals surface area contributed by atoms with Gasteiger partial charge >= 0.3 is 0 Å². The zero-order chi connectivity index (χ0) is 14.1. The van der Waals surface area contributed by atoms with E-state index in [0.717, 1.165) is 17.7 Å². The summed E-state index contributed by atoms with van der Waals surface area (Å²) < 4.78 is 16.0. The zero-order valence-corrected chi connectivity index (χ0v) is 12.3. The van der Waals surface area contributed by atoms with Crippen molar-refractivity contribution in [3.05, 3.63) is 28.8 Å². The van der Waals surface area contributed by atoms with Crippen molar-refractivity contribution < 1.29 is 14.2 Å². The summed E-state index contributed by atoms with van der Waals surface area (Å²) >= 11 is 5.95. The van der Waals surface area contributed by atoms with Crippen molar-refractivity contribution in [2.75, 3.05) is 33.5 Å². The van der Waals surface area contributed by atoms with Crippen LogP contribution in [0, 0.1) is 0 Å². The fraction of sp³-hybridized carbons (Fsp3) is 0.571. The Bertz CT molecular complexity index is 372. The summed E-state index contributed by atoms with van der Waals surface area (Å²) in [6.45, 7) is 4.34. The Hall–Kier alpha value is -0.810. The van der Waals surface area contributed by atoms with Crippen molar-refractivity contribution in [2.45, 2.75) is 19.4 Å². The van der Waals surface area contributed by atoms with Gasteiger partial charge in [-0.25, -0.2) is 0 Å². The molecular weight excluding hydrogens is 266 g/mol. The van der Waals surface area contributed by atoms with Crippen LogP contribution >= 0.6 is 11.6 Å². The number of hydrogen-bond acceptors (Lipinski definition) is 4. The average molecular weight is 288 g/mol. The van der Waals surface area contributed by atoms with E-state index >= 15 is 0 Å². The molecule has 0 aliphatic carbocycles. The lowest BCUT2D eigenvalue weighted by Gasteiger charge is -2.14. The Morgan fingerprint density at radius 3 is 2.68 bits per heavy atom. The first-order valence-electron chi connectivity index (χ1n) is 6.39. The van der Waals surface area contributed by atoms with E-state index in [4.69, 9.17) is 31.5 Å². The number of ether oxygens (including phenoxy) is 3. The monoisotopic (exact) mass is 287 g/mol. The average Bonchev–Trinajstić information content (AvgIpc) is 2.39. The fourth-order valence-electron chi connectivity index (χ4n) is 1.62. The summed E-state index contributed by atoms with van der Waals surface area (Å²) in [5, 5.41) is 0.662. The van der Waals surface area contributed by atoms with Crippen LogP contribution in [0.25, 0.3) is 0 Å². The van der Waals surface area contributed by atoms with Gasteiger partial charge in [-0.05, 0) is 31.5 Å². The van der Waals surface area contributed by atoms with Gasteiger partial charge in [0.1, 0.15) is 12.4 Å². The fourth-order valence-corrected chi connectivity index (χ4v) is 1.81. The highest BCUT2D eigenvalue weighted by Crippen LogP contribution is 2.27. The van der Waals surface area contributed by atoms with Gasteiger partial charge in [0.2, 0.25) is 0 Å². The summed E-state index contributed by atoms with van der Waals surface area (Å²) in [5.74, 6) is 0.764. The van der Waals surface area contributed by atoms with E-state index in [2.05, 4.69) is 0 Å². The van der Waals surface area contributed by atoms with Crippen molar-refractivity contribution in [3.8, 4) is 5.75 Å². The Labute approximate surface area is 119 Å². The van der Waals surface area contributed by atoms with Gasteiger partial charge < -0.3 is 19.9 Å². The van der Waals surface area contributed by atoms with Gasteiger partial charge in [0.15, 0.2) is 0 Å². The van der Waals surface area contributed by atoms with Crippen LogP contribution in [0.2, 0.25) is 5.02 Å². The van der Waals surface area contributed by atoms with Gasteiger partial charge in [-0.3, -0.25) is 0 Å². The highest BCUT2D eigenvalue weighted by Gasteiger charge is 2.08. The topological polar surface area (TPSA) is 53.7 Å². The summed E-state index contributed by atoms with van der Waals surface area (Å²) in [5.41, 5.74) is 6.79. The van der Waals surface area contributed by atoms with Gasteiger partial charge in [0.25, 0.3) is 0 Å². The van der Waals surface area contributed by atoms with Crippen LogP contribution in [0.15, 0.2) is 18.2 Å². The molecule has 0 unspecified atom stereocenters. The molecule has 0 aromatic heterocycles. The third-order valence-corrected chi connectivity index (χ3v) is 2.82. The molecule has 0 aliphatic heterocycles. The molecule has 0 bridgehead atoms. The first-order valence-corrected chi connectivity index (χ1v) is 6.77. The molecule has 0 saturated heterocycles. The van der Waals surface area contributed by atoms with Gasteiger partial charge in [-0.15, -0.1) is 0 Å². The molecule has 1 rings (SSSR count). The Kier molecular flexibility index (Phi) is 7.82. The number of halogens is 1. The molecule has 0 spiro atoms. The number of rotatable bonds is 9. The molecule has 1 aromatic rings. The lowest BCUT2D eigenvalue weighted by atomic mass is 10.1. The maximum Gasteiger partial charge on any atom is 0.124 e. The van der Waals surface area contributed by atoms with Crippen LogP contribution in [-0.4, -0.2) is 33.5 Å². The van der Waals surface area contributed by atoms with Crippen LogP contribution in [-0.2, 0) is 9.47 Å². The number of benzene rings is 1. The molecule has 0 aliphatic rings. The highest BCUT2D eigenvalue weighted by molar-refractivity contribution is 6.30. The minimum absolute atomic E-state index is 0.115. The molecule has 0 saturated carbocycles. The van der Waals surface area contributed by atoms with Crippen LogP contribution in [0.5, 0.6) is 5.75 Å². The quantitative estimate of drug-likeness (QED) is 0.710. The van der Waals surface area contributed by atoms with Crippen molar-refractivity contribution in [1.29, 1.82) is 0 Å². The SMILES string of the molecule is COCCCOCCOc1ccc(Cl)cc1[C@H](C)N. The largest absolute Gasteiger partial charge is 0.491 e. The van der Waals surface area contributed by atoms with Crippen LogP contribution in [0.3, 0.4) is 0 Å². The smallest absolute Gasteiger partial charge is 0.124 e. The predicted molar refractivity (Wildman–Crippen MR) is 76.9 cm³/mol. The van der Waals surface area contributed by atoms with E-state index in [1.165, 1.54) is 0 Å². The summed E-state index contributed by atoms with van der Waals surface area (Å²) in [4.78, 5) is 0. The minimum Gasteiger partial charge on any atom is -0.491 e. The molecule has 5 heteroatoms. The second-order valence-corrected chi connectivity index (χ2v) is 4.71. The van der Waals surface area contributed by atoms with Crippen molar-refractivity contribution in [2.24, 2.45) is 5.73 Å². The molecule has 108 valence electrons. The van der Waals surface area contributed by atoms with E-state index in [0.29, 0.717) is 31.5 Å². The van der Waals surface area contributed by atoms with Gasteiger partial charge in [-0.2, -0.15) is 0 Å². The normalized spacial score (nSPS) is 12.4. The summed E-state index contributed by atoms with van der Waals surface area (Å²) in [7, 11) is 1.68. The third kappa shape index (κ3) is 6.25. The van der Waals surface area contributed by atoms with Gasteiger partial charge in [-0.1, -0.05) is 11.6 Å². The molecule has 2 N–H and O–H groups in total. The molecule has 1 atom stereocenters. The van der Waals surface area contributed by atoms with Crippen LogP contribution in [0.4, 0.5) is 0 Å². The number of methoxy groups -OCH3 is 1. The first-order chi connectivity index (χ1) is 9.15. The lowest BCUT2D eigenvalue weighted by molar-refractivity contribution is 0.0803. The minimum atomic E-state index is -0.115. The summed E-state index contributed by atoms with van der Waals surface area (Å²) in [6.07, 6.45) is 0.891. The summed E-state index contributed by atoms with van der Waals surface area (Å²) in [6, 6.07) is 5.35. The molecule has 0 amide bonds. The Balaban J connectivity index is 2.33. The number of hydrogen-bond donors (Lipinski definition) is 1. The van der Waals surface area contributed by atoms with Crippen LogP contribution in [0.1, 0.15) is 24.9 Å². The molecule has 0 radical (unpaired) electrons. The molecule has 0 heterocycles.